The summed E-state index contributed by atoms with van der Waals surface area (Å²) in [7, 11) is 0. The van der Waals surface area contributed by atoms with E-state index in [9.17, 15) is 4.39 Å². The topological polar surface area (TPSA) is 40.2 Å². The molecule has 2 aromatic rings. The van der Waals surface area contributed by atoms with Crippen molar-refractivity contribution < 1.29 is 55.8 Å². The molecule has 1 aromatic heterocycles. The Morgan fingerprint density at radius 1 is 1.10 bits per heavy atom. The second-order valence-electron chi connectivity index (χ2n) is 11.7. The van der Waals surface area contributed by atoms with Gasteiger partial charge in [-0.15, -0.1) is 0 Å². The molecule has 0 bridgehead atoms. The molecule has 3 atom stereocenters. The quantitative estimate of drug-likeness (QED) is 0.354. The van der Waals surface area contributed by atoms with Crippen LogP contribution in [0.5, 0.6) is 0 Å². The Balaban J connectivity index is 0.000000217. The van der Waals surface area contributed by atoms with E-state index in [1.165, 1.54) is 35.2 Å². The van der Waals surface area contributed by atoms with Crippen LogP contribution < -0.4 is 66.9 Å². The third-order valence-electron chi connectivity index (χ3n) is 9.09. The van der Waals surface area contributed by atoms with Crippen LogP contribution in [0.4, 0.5) is 15.9 Å². The number of hydrogen-bond acceptors (Lipinski definition) is 4. The Bertz CT molecular complexity index is 1170. The van der Waals surface area contributed by atoms with Crippen LogP contribution in [0.1, 0.15) is 94.6 Å². The number of piperidine rings is 1. The molecule has 0 radical (unpaired) electrons. The maximum Gasteiger partial charge on any atom is 1.00 e. The van der Waals surface area contributed by atoms with Crippen LogP contribution >= 0.6 is 0 Å². The van der Waals surface area contributed by atoms with Crippen molar-refractivity contribution in [2.24, 2.45) is 5.92 Å². The molecule has 4 nitrogen and oxygen atoms in total. The molecule has 5 rings (SSSR count). The van der Waals surface area contributed by atoms with Crippen molar-refractivity contribution >= 4 is 11.5 Å². The van der Waals surface area contributed by atoms with Crippen molar-refractivity contribution in [3.05, 3.63) is 84.2 Å². The van der Waals surface area contributed by atoms with Crippen LogP contribution in [0.2, 0.25) is 0 Å². The van der Waals surface area contributed by atoms with E-state index < -0.39 is 6.17 Å². The third-order valence-corrected chi connectivity index (χ3v) is 9.09. The van der Waals surface area contributed by atoms with E-state index >= 15 is 0 Å². The number of pyridine rings is 1. The summed E-state index contributed by atoms with van der Waals surface area (Å²) in [6.45, 7) is 22.9. The molecule has 0 saturated carbocycles. The first-order valence-corrected chi connectivity index (χ1v) is 14.9. The van der Waals surface area contributed by atoms with E-state index in [4.69, 9.17) is 4.98 Å². The molecular formula is C34H48FKN4. The van der Waals surface area contributed by atoms with Gasteiger partial charge in [-0.1, -0.05) is 58.0 Å². The minimum Gasteiger partial charge on any atom is -0.358 e. The fourth-order valence-electron chi connectivity index (χ4n) is 6.34. The van der Waals surface area contributed by atoms with Gasteiger partial charge in [0.25, 0.3) is 0 Å². The Morgan fingerprint density at radius 2 is 1.82 bits per heavy atom. The Labute approximate surface area is 285 Å². The van der Waals surface area contributed by atoms with Crippen LogP contribution in [0.15, 0.2) is 55.0 Å². The molecule has 4 heterocycles. The van der Waals surface area contributed by atoms with Gasteiger partial charge in [0.05, 0.1) is 0 Å². The van der Waals surface area contributed by atoms with Crippen molar-refractivity contribution in [3.8, 4) is 0 Å². The van der Waals surface area contributed by atoms with Gasteiger partial charge >= 0.3 is 51.4 Å². The van der Waals surface area contributed by atoms with Crippen molar-refractivity contribution in [3.63, 3.8) is 0 Å². The average molecular weight is 571 g/mol. The molecule has 212 valence electrons. The van der Waals surface area contributed by atoms with Gasteiger partial charge < -0.3 is 22.5 Å². The molecule has 3 aliphatic heterocycles. The number of aryl methyl sites for hydroxylation is 1. The Hall–Kier alpha value is -1.02. The summed E-state index contributed by atoms with van der Waals surface area (Å²) < 4.78 is 13.5. The molecule has 1 aromatic carbocycles. The van der Waals surface area contributed by atoms with Gasteiger partial charge in [0.1, 0.15) is 12.0 Å². The summed E-state index contributed by atoms with van der Waals surface area (Å²) in [5, 5.41) is 6.76. The Morgan fingerprint density at radius 3 is 2.45 bits per heavy atom. The van der Waals surface area contributed by atoms with E-state index in [0.29, 0.717) is 6.04 Å². The number of nitrogens with zero attached hydrogens (tertiary/aromatic N) is 2. The maximum absolute atomic E-state index is 13.5. The van der Waals surface area contributed by atoms with Crippen LogP contribution in [0.3, 0.4) is 0 Å². The monoisotopic (exact) mass is 570 g/mol. The van der Waals surface area contributed by atoms with Gasteiger partial charge in [0.2, 0.25) is 0 Å². The van der Waals surface area contributed by atoms with Gasteiger partial charge in [0, 0.05) is 34.7 Å². The zero-order valence-electron chi connectivity index (χ0n) is 25.6. The summed E-state index contributed by atoms with van der Waals surface area (Å²) in [6.07, 6.45) is 9.65. The summed E-state index contributed by atoms with van der Waals surface area (Å²) in [5.41, 5.74) is 8.01. The van der Waals surface area contributed by atoms with Gasteiger partial charge in [-0.05, 0) is 93.3 Å². The number of hydrogen-bond donors (Lipinski definition) is 2. The number of anilines is 2. The second kappa shape index (κ2) is 14.9. The normalized spacial score (nSPS) is 19.4. The number of nitrogens with one attached hydrogen (secondary N) is 2. The van der Waals surface area contributed by atoms with Crippen LogP contribution in [0, 0.1) is 12.8 Å². The third kappa shape index (κ3) is 7.12. The number of aromatic nitrogens is 1. The van der Waals surface area contributed by atoms with Crippen molar-refractivity contribution in [1.82, 2.24) is 10.3 Å². The van der Waals surface area contributed by atoms with E-state index in [1.807, 2.05) is 24.4 Å². The molecule has 1 saturated heterocycles. The van der Waals surface area contributed by atoms with Crippen LogP contribution in [-0.4, -0.2) is 24.1 Å². The molecular weight excluding hydrogens is 522 g/mol. The van der Waals surface area contributed by atoms with Crippen molar-refractivity contribution in [1.29, 1.82) is 0 Å². The SMILES string of the molecule is C=C1CCc2cc(C[CH2-])cnc2N1C(CC)CC(C)CC.C=C1Nc2ccc(C(C)F)cc2C12CCNCC2.[K+]. The van der Waals surface area contributed by atoms with Crippen molar-refractivity contribution in [2.75, 3.05) is 23.3 Å². The minimum atomic E-state index is -0.914. The zero-order valence-corrected chi connectivity index (χ0v) is 28.7. The van der Waals surface area contributed by atoms with Crippen LogP contribution in [-0.2, 0) is 18.3 Å². The van der Waals surface area contributed by atoms with E-state index in [-0.39, 0.29) is 56.8 Å². The standard InChI is InChI=1S/C19H29N2.C15H19FN2.K/c1-6-14(4)11-18(8-3)21-15(5)9-10-17-12-16(7-2)13-20-19(17)21;1-10(16)12-3-4-14-13(9-12)15(11(2)18-14)5-7-17-8-6-15;/h12-14,18H,2,5-11H2,1,3-4H3;3-4,9-10,17-18H,2,5-8H2,1H3;/q-1;;+1. The molecule has 0 amide bonds. The largest absolute Gasteiger partial charge is 1.00 e. The molecule has 3 aliphatic rings. The van der Waals surface area contributed by atoms with E-state index in [2.05, 4.69) is 62.5 Å². The molecule has 6 heteroatoms. The molecule has 0 aliphatic carbocycles. The van der Waals surface area contributed by atoms with Gasteiger partial charge in [-0.2, -0.15) is 6.42 Å². The summed E-state index contributed by atoms with van der Waals surface area (Å²) in [4.78, 5) is 7.16. The summed E-state index contributed by atoms with van der Waals surface area (Å²) >= 11 is 0. The van der Waals surface area contributed by atoms with Gasteiger partial charge in [-0.25, -0.2) is 9.37 Å². The smallest absolute Gasteiger partial charge is 0.358 e. The molecule has 3 unspecified atom stereocenters. The number of rotatable bonds is 7. The predicted molar refractivity (Wildman–Crippen MR) is 164 cm³/mol. The average Bonchev–Trinajstić information content (AvgIpc) is 3.21. The predicted octanol–water partition coefficient (Wildman–Crippen LogP) is 5.22. The number of halogens is 1. The first kappa shape index (κ1) is 33.5. The number of alkyl halides is 1. The molecule has 40 heavy (non-hydrogen) atoms. The van der Waals surface area contributed by atoms with Gasteiger partial charge in [-0.3, -0.25) is 0 Å². The second-order valence-corrected chi connectivity index (χ2v) is 11.7. The first-order chi connectivity index (χ1) is 18.7. The van der Waals surface area contributed by atoms with Crippen LogP contribution in [0.25, 0.3) is 0 Å². The number of benzene rings is 1. The first-order valence-electron chi connectivity index (χ1n) is 14.9. The Kier molecular flexibility index (Phi) is 12.5. The molecule has 1 spiro atoms. The van der Waals surface area contributed by atoms with Gasteiger partial charge in [0.15, 0.2) is 0 Å². The zero-order chi connectivity index (χ0) is 28.2. The molecule has 1 fully saturated rings. The van der Waals surface area contributed by atoms with E-state index in [1.54, 1.807) is 6.92 Å². The summed E-state index contributed by atoms with van der Waals surface area (Å²) in [5.74, 6) is 1.88. The molecule has 2 N–H and O–H groups in total. The summed E-state index contributed by atoms with van der Waals surface area (Å²) in [6, 6.07) is 8.68. The minimum absolute atomic E-state index is 0. The fourth-order valence-corrected chi connectivity index (χ4v) is 6.34. The maximum atomic E-state index is 13.5. The van der Waals surface area contributed by atoms with E-state index in [0.717, 1.165) is 80.3 Å². The fraction of sp³-hybridized carbons (Fsp3) is 0.529. The number of fused-ring (bicyclic) bond motifs is 3. The number of allylic oxidation sites excluding steroid dienone is 2. The van der Waals surface area contributed by atoms with Crippen molar-refractivity contribution in [2.45, 2.75) is 96.7 Å².